The summed E-state index contributed by atoms with van der Waals surface area (Å²) in [4.78, 5) is 22.8. The highest BCUT2D eigenvalue weighted by molar-refractivity contribution is 5.79. The molecule has 0 unspecified atom stereocenters. The smallest absolute Gasteiger partial charge is 0.222 e. The van der Waals surface area contributed by atoms with Crippen LogP contribution in [0.2, 0.25) is 0 Å². The molecule has 1 saturated heterocycles. The van der Waals surface area contributed by atoms with Gasteiger partial charge in [0.2, 0.25) is 5.91 Å². The molecule has 144 valence electrons. The van der Waals surface area contributed by atoms with Gasteiger partial charge in [-0.15, -0.1) is 0 Å². The number of aliphatic imine (C=N–C) groups is 1. The van der Waals surface area contributed by atoms with E-state index in [0.717, 1.165) is 42.4 Å². The van der Waals surface area contributed by atoms with Crippen molar-refractivity contribution in [1.82, 2.24) is 30.3 Å². The lowest BCUT2D eigenvalue weighted by Crippen LogP contribution is -2.37. The van der Waals surface area contributed by atoms with E-state index >= 15 is 0 Å². The fourth-order valence-electron chi connectivity index (χ4n) is 3.09. The Bertz CT molecular complexity index is 799. The van der Waals surface area contributed by atoms with Crippen molar-refractivity contribution in [1.29, 1.82) is 0 Å². The molecule has 1 aromatic heterocycles. The third kappa shape index (κ3) is 5.06. The lowest BCUT2D eigenvalue weighted by molar-refractivity contribution is -0.128. The van der Waals surface area contributed by atoms with Crippen molar-refractivity contribution in [3.63, 3.8) is 0 Å². The van der Waals surface area contributed by atoms with Gasteiger partial charge in [-0.3, -0.25) is 9.48 Å². The van der Waals surface area contributed by atoms with E-state index in [2.05, 4.69) is 32.8 Å². The number of aryl methyl sites for hydroxylation is 1. The zero-order valence-corrected chi connectivity index (χ0v) is 16.0. The molecular formula is C19H27N7O. The third-order valence-electron chi connectivity index (χ3n) is 4.62. The quantitative estimate of drug-likeness (QED) is 0.566. The van der Waals surface area contributed by atoms with Gasteiger partial charge in [-0.1, -0.05) is 24.3 Å². The van der Waals surface area contributed by atoms with Gasteiger partial charge in [-0.2, -0.15) is 5.10 Å². The van der Waals surface area contributed by atoms with E-state index in [9.17, 15) is 4.79 Å². The minimum atomic E-state index is 0.243. The molecule has 0 radical (unpaired) electrons. The number of nitrogens with zero attached hydrogens (tertiary/aromatic N) is 5. The molecule has 0 bridgehead atoms. The molecule has 27 heavy (non-hydrogen) atoms. The van der Waals surface area contributed by atoms with Crippen molar-refractivity contribution < 1.29 is 4.79 Å². The first kappa shape index (κ1) is 18.9. The molecule has 0 aliphatic carbocycles. The maximum Gasteiger partial charge on any atom is 0.222 e. The Morgan fingerprint density at radius 1 is 1.26 bits per heavy atom. The molecule has 0 atom stereocenters. The number of amides is 1. The summed E-state index contributed by atoms with van der Waals surface area (Å²) in [6.07, 6.45) is 3.16. The lowest BCUT2D eigenvalue weighted by atomic mass is 10.1. The molecule has 3 rings (SSSR count). The Balaban J connectivity index is 1.66. The Hall–Kier alpha value is -2.90. The second-order valence-electron chi connectivity index (χ2n) is 6.54. The van der Waals surface area contributed by atoms with Gasteiger partial charge in [-0.05, 0) is 24.5 Å². The summed E-state index contributed by atoms with van der Waals surface area (Å²) in [6.45, 7) is 5.41. The maximum absolute atomic E-state index is 11.9. The van der Waals surface area contributed by atoms with E-state index < -0.39 is 0 Å². The highest BCUT2D eigenvalue weighted by Crippen LogP contribution is 2.17. The number of aromatic nitrogens is 3. The van der Waals surface area contributed by atoms with Crippen LogP contribution >= 0.6 is 0 Å². The van der Waals surface area contributed by atoms with Gasteiger partial charge in [0.1, 0.15) is 12.2 Å². The number of nitrogens with one attached hydrogen (secondary N) is 2. The zero-order chi connectivity index (χ0) is 19.1. The summed E-state index contributed by atoms with van der Waals surface area (Å²) < 4.78 is 1.74. The van der Waals surface area contributed by atoms with Gasteiger partial charge in [0.05, 0.1) is 13.1 Å². The fourth-order valence-corrected chi connectivity index (χ4v) is 3.09. The number of carbonyl (C=O) groups excluding carboxylic acids is 1. The van der Waals surface area contributed by atoms with Crippen LogP contribution in [0.4, 0.5) is 0 Å². The average Bonchev–Trinajstić information content (AvgIpc) is 3.27. The second-order valence-corrected chi connectivity index (χ2v) is 6.54. The standard InChI is InChI=1S/C19H27N7O/c1-3-20-19(22-12-17-23-14-24-25(17)2)21-11-15-7-4-5-8-16(15)13-26-10-6-9-18(26)27/h4-5,7-8,14H,3,6,9-13H2,1-2H3,(H2,20,21,22). The van der Waals surface area contributed by atoms with E-state index in [-0.39, 0.29) is 5.91 Å². The number of guanidine groups is 1. The Morgan fingerprint density at radius 2 is 2.07 bits per heavy atom. The lowest BCUT2D eigenvalue weighted by Gasteiger charge is -2.18. The molecule has 8 heteroatoms. The van der Waals surface area contributed by atoms with Gasteiger partial charge in [0.15, 0.2) is 5.96 Å². The molecular weight excluding hydrogens is 342 g/mol. The topological polar surface area (TPSA) is 87.4 Å². The van der Waals surface area contributed by atoms with E-state index in [1.54, 1.807) is 4.68 Å². The summed E-state index contributed by atoms with van der Waals surface area (Å²) in [5, 5.41) is 10.6. The molecule has 1 aliphatic rings. The van der Waals surface area contributed by atoms with Gasteiger partial charge in [0, 0.05) is 33.1 Å². The van der Waals surface area contributed by atoms with Gasteiger partial charge < -0.3 is 15.5 Å². The van der Waals surface area contributed by atoms with Gasteiger partial charge in [-0.25, -0.2) is 9.98 Å². The Kier molecular flexibility index (Phi) is 6.40. The second kappa shape index (κ2) is 9.16. The minimum absolute atomic E-state index is 0.243. The number of likely N-dealkylation sites (tertiary alicyclic amines) is 1. The van der Waals surface area contributed by atoms with Gasteiger partial charge >= 0.3 is 0 Å². The first-order chi connectivity index (χ1) is 13.2. The molecule has 2 aromatic rings. The van der Waals surface area contributed by atoms with Crippen molar-refractivity contribution in [2.75, 3.05) is 13.1 Å². The van der Waals surface area contributed by atoms with E-state index in [0.29, 0.717) is 26.1 Å². The SMILES string of the molecule is CCNC(=NCc1ccccc1CN1CCCC1=O)NCc1ncnn1C. The Labute approximate surface area is 159 Å². The number of rotatable bonds is 7. The number of benzene rings is 1. The maximum atomic E-state index is 11.9. The fraction of sp³-hybridized carbons (Fsp3) is 0.474. The van der Waals surface area contributed by atoms with E-state index in [1.807, 2.05) is 31.0 Å². The molecule has 0 spiro atoms. The highest BCUT2D eigenvalue weighted by Gasteiger charge is 2.20. The van der Waals surface area contributed by atoms with Crippen molar-refractivity contribution in [2.45, 2.75) is 39.4 Å². The van der Waals surface area contributed by atoms with Crippen molar-refractivity contribution in [2.24, 2.45) is 12.0 Å². The highest BCUT2D eigenvalue weighted by atomic mass is 16.2. The van der Waals surface area contributed by atoms with Crippen molar-refractivity contribution >= 4 is 11.9 Å². The van der Waals surface area contributed by atoms with Crippen LogP contribution in [-0.2, 0) is 31.5 Å². The summed E-state index contributed by atoms with van der Waals surface area (Å²) in [5.41, 5.74) is 2.29. The molecule has 1 amide bonds. The number of hydrogen-bond acceptors (Lipinski definition) is 4. The van der Waals surface area contributed by atoms with Crippen LogP contribution in [0.3, 0.4) is 0 Å². The molecule has 1 aromatic carbocycles. The van der Waals surface area contributed by atoms with Gasteiger partial charge in [0.25, 0.3) is 0 Å². The summed E-state index contributed by atoms with van der Waals surface area (Å²) in [6, 6.07) is 8.18. The summed E-state index contributed by atoms with van der Waals surface area (Å²) in [7, 11) is 1.87. The zero-order valence-electron chi connectivity index (χ0n) is 16.0. The number of hydrogen-bond donors (Lipinski definition) is 2. The van der Waals surface area contributed by atoms with Crippen molar-refractivity contribution in [3.8, 4) is 0 Å². The Morgan fingerprint density at radius 3 is 2.74 bits per heavy atom. The van der Waals surface area contributed by atoms with Crippen LogP contribution < -0.4 is 10.6 Å². The monoisotopic (exact) mass is 369 g/mol. The molecule has 2 N–H and O–H groups in total. The molecule has 8 nitrogen and oxygen atoms in total. The van der Waals surface area contributed by atoms with Crippen LogP contribution in [0.5, 0.6) is 0 Å². The van der Waals surface area contributed by atoms with Crippen LogP contribution in [-0.4, -0.2) is 44.6 Å². The molecule has 0 saturated carbocycles. The van der Waals surface area contributed by atoms with E-state index in [1.165, 1.54) is 6.33 Å². The molecule has 1 aliphatic heterocycles. The number of carbonyl (C=O) groups is 1. The predicted molar refractivity (Wildman–Crippen MR) is 104 cm³/mol. The molecule has 1 fully saturated rings. The average molecular weight is 369 g/mol. The van der Waals surface area contributed by atoms with Crippen molar-refractivity contribution in [3.05, 3.63) is 47.5 Å². The first-order valence-electron chi connectivity index (χ1n) is 9.37. The first-order valence-corrected chi connectivity index (χ1v) is 9.37. The normalized spacial score (nSPS) is 14.7. The van der Waals surface area contributed by atoms with Crippen LogP contribution in [0.15, 0.2) is 35.6 Å². The third-order valence-corrected chi connectivity index (χ3v) is 4.62. The van der Waals surface area contributed by atoms with E-state index in [4.69, 9.17) is 4.99 Å². The van der Waals surface area contributed by atoms with Crippen LogP contribution in [0.1, 0.15) is 36.7 Å². The van der Waals surface area contributed by atoms with Crippen LogP contribution in [0.25, 0.3) is 0 Å². The predicted octanol–water partition coefficient (Wildman–Crippen LogP) is 1.19. The molecule has 2 heterocycles. The largest absolute Gasteiger partial charge is 0.357 e. The minimum Gasteiger partial charge on any atom is -0.357 e. The summed E-state index contributed by atoms with van der Waals surface area (Å²) >= 11 is 0. The van der Waals surface area contributed by atoms with Crippen LogP contribution in [0, 0.1) is 0 Å². The summed E-state index contributed by atoms with van der Waals surface area (Å²) in [5.74, 6) is 1.81.